The number of rotatable bonds is 27. The number of methoxy groups -OCH3 is 1. The Morgan fingerprint density at radius 1 is 0.431 bits per heavy atom. The molecule has 20 atom stereocenters. The summed E-state index contributed by atoms with van der Waals surface area (Å²) in [7, 11) is -13.9. The van der Waals surface area contributed by atoms with Crippen LogP contribution in [0.15, 0.2) is 115 Å². The number of nitrogens with one attached hydrogen (secondary N) is 4. The van der Waals surface area contributed by atoms with E-state index < -0.39 is 204 Å². The normalized spacial score (nSPS) is 29.3. The molecule has 4 amide bonds. The Morgan fingerprint density at radius 3 is 1.09 bits per heavy atom. The summed E-state index contributed by atoms with van der Waals surface area (Å²) in [6.45, 7) is 1.95. The van der Waals surface area contributed by atoms with Gasteiger partial charge >= 0.3 is 0 Å². The van der Waals surface area contributed by atoms with Crippen molar-refractivity contribution in [2.75, 3.05) is 33.5 Å². The predicted octanol–water partition coefficient (Wildman–Crippen LogP) is -5.69. The molecule has 4 fully saturated rings. The summed E-state index contributed by atoms with van der Waals surface area (Å²) >= 11 is 0.176. The summed E-state index contributed by atoms with van der Waals surface area (Å²) < 4.78 is 168. The molecule has 572 valence electrons. The van der Waals surface area contributed by atoms with Crippen LogP contribution in [0.4, 0.5) is 0 Å². The lowest BCUT2D eigenvalue weighted by Crippen LogP contribution is -2.66. The molecule has 45 heteroatoms. The molecule has 0 spiro atoms. The van der Waals surface area contributed by atoms with Crippen molar-refractivity contribution in [2.24, 2.45) is 0 Å². The average Bonchev–Trinajstić information content (AvgIpc) is 0.813. The van der Waals surface area contributed by atoms with Gasteiger partial charge in [-0.1, -0.05) is 54.6 Å². The second-order valence-electron chi connectivity index (χ2n) is 21.6. The minimum Gasteiger partial charge on any atom is -0.726 e. The SMILES string of the molecule is CC(=O)NC1C(Oc2ccccc2)OC(CO)[C@H](O)[C@@H]1OSOO[O-].CC(=O)NC1C(Oc2ccccc2)OC(CO)[C@H](OS(=O)(=O)[O-])[C@@H]1O.CC(=O)NC1C(Oc2ccccc2)OC(COS(=O)(=O)[O-])[C@H](O)[C@@H]1O.COc1ccc(OC2OC(CO)[C@H](OS(=O)(=O)[O-])[C@H](O)C2NC(C)=O)cc1. The fourth-order valence-corrected chi connectivity index (χ4v) is 11.5. The Balaban J connectivity index is 0.000000245. The van der Waals surface area contributed by atoms with Crippen LogP contribution in [-0.2, 0) is 95.4 Å². The largest absolute Gasteiger partial charge is 0.726 e. The smallest absolute Gasteiger partial charge is 0.223 e. The topological polar surface area (TPSA) is 611 Å². The van der Waals surface area contributed by atoms with Gasteiger partial charge in [0.25, 0.3) is 0 Å². The monoisotopic (exact) mass is 1530 g/mol. The Labute approximate surface area is 586 Å². The van der Waals surface area contributed by atoms with Crippen LogP contribution in [0.3, 0.4) is 0 Å². The maximum absolute atomic E-state index is 11.5. The Hall–Kier alpha value is -6.92. The molecule has 102 heavy (non-hydrogen) atoms. The third kappa shape index (κ3) is 27.9. The molecule has 0 saturated carbocycles. The number of aliphatic hydroxyl groups is 8. The van der Waals surface area contributed by atoms with Crippen LogP contribution < -0.4 is 50.2 Å². The molecule has 8 rings (SSSR count). The van der Waals surface area contributed by atoms with Crippen LogP contribution in [-0.4, -0.2) is 260 Å². The zero-order valence-corrected chi connectivity index (χ0v) is 57.2. The van der Waals surface area contributed by atoms with Crippen molar-refractivity contribution < 1.29 is 173 Å². The number of hydrogen-bond donors (Lipinski definition) is 12. The van der Waals surface area contributed by atoms with E-state index in [-0.39, 0.29) is 18.1 Å². The quantitative estimate of drug-likeness (QED) is 0.00661. The molecule has 4 aromatic rings. The molecule has 4 saturated heterocycles. The molecule has 41 nitrogen and oxygen atoms in total. The lowest BCUT2D eigenvalue weighted by molar-refractivity contribution is -0.777. The van der Waals surface area contributed by atoms with E-state index in [1.807, 2.05) is 0 Å². The number of ether oxygens (including phenoxy) is 9. The molecule has 4 aliphatic heterocycles. The van der Waals surface area contributed by atoms with Crippen LogP contribution in [0.5, 0.6) is 28.7 Å². The van der Waals surface area contributed by atoms with Crippen molar-refractivity contribution in [3.63, 3.8) is 0 Å². The number of benzene rings is 4. The number of aliphatic hydroxyl groups excluding tert-OH is 8. The maximum Gasteiger partial charge on any atom is 0.223 e. The third-order valence-electron chi connectivity index (χ3n) is 14.1. The van der Waals surface area contributed by atoms with Gasteiger partial charge in [0, 0.05) is 27.7 Å². The molecule has 12 N–H and O–H groups in total. The summed E-state index contributed by atoms with van der Waals surface area (Å²) in [6.07, 6.45) is -22.5. The zero-order valence-electron chi connectivity index (χ0n) is 53.9. The second-order valence-corrected chi connectivity index (χ2v) is 25.1. The molecule has 0 aromatic heterocycles. The van der Waals surface area contributed by atoms with Crippen molar-refractivity contribution in [3.8, 4) is 28.7 Å². The number of carbonyl (C=O) groups is 4. The first-order valence-electron chi connectivity index (χ1n) is 29.7. The average molecular weight is 1540 g/mol. The summed E-state index contributed by atoms with van der Waals surface area (Å²) in [6, 6.07) is 26.9. The summed E-state index contributed by atoms with van der Waals surface area (Å²) in [5.74, 6) is -0.0596. The van der Waals surface area contributed by atoms with E-state index in [1.165, 1.54) is 40.0 Å². The van der Waals surface area contributed by atoms with E-state index in [9.17, 15) is 104 Å². The highest BCUT2D eigenvalue weighted by atomic mass is 32.3. The van der Waals surface area contributed by atoms with Crippen molar-refractivity contribution in [3.05, 3.63) is 115 Å². The first kappa shape index (κ1) is 85.7. The highest BCUT2D eigenvalue weighted by Crippen LogP contribution is 2.32. The van der Waals surface area contributed by atoms with Gasteiger partial charge in [-0.25, -0.2) is 25.3 Å². The fraction of sp³-hybridized carbons (Fsp3) is 0.509. The van der Waals surface area contributed by atoms with Crippen molar-refractivity contribution >= 4 is 67.1 Å². The standard InChI is InChI=1S/C15H21NO10S.3C14H19NO9S/c1-8(18)16-12-13(19)14(26-27(20,21)22)11(7-17)25-15(12)24-10-5-3-9(23-2)4-6-10;1-8(17)15-11-12(18)13(24-25(19,20)21)10(7-16)23-14(11)22-9-5-3-2-4-6-9;1-8(16)15-11-13(18)12(17)10(7-22-25(19,20)21)24-14(11)23-9-5-3-2-4-6-9;1-8(17)15-11-13(22-25-24-23-19)12(18)10(7-16)21-14(11)20-9-5-3-2-4-6-9/h3-6,11-15,17,19H,7H2,1-2H3,(H,16,18)(H,20,21,22);2-6,10-14,16,18H,7H2,1H3,(H,15,17)(H,19,20,21);2-6,10-14,17-18H,7H2,1H3,(H,15,16)(H,19,20,21);2-6,10-14,16,18-19H,7H2,1H3,(H,15,17)/p-4/t11?,12?,13-,14+,15?;3*10?,11?,12-,13+,14?/m1100/s1. The van der Waals surface area contributed by atoms with Crippen LogP contribution in [0.1, 0.15) is 27.7 Å². The Kier molecular flexibility index (Phi) is 34.4. The second kappa shape index (κ2) is 41.0. The molecule has 4 aromatic carbocycles. The van der Waals surface area contributed by atoms with Gasteiger partial charge in [-0.3, -0.25) is 40.9 Å². The minimum absolute atomic E-state index is 0.176. The molecular weight excluding hydrogens is 1460 g/mol. The highest BCUT2D eigenvalue weighted by Gasteiger charge is 2.52. The third-order valence-corrected chi connectivity index (χ3v) is 15.8. The zero-order chi connectivity index (χ0) is 75.6. The predicted molar refractivity (Wildman–Crippen MR) is 331 cm³/mol. The highest BCUT2D eigenvalue weighted by molar-refractivity contribution is 7.89. The number of carbonyl (C=O) groups excluding carboxylic acids is 4. The molecule has 12 unspecified atom stereocenters. The van der Waals surface area contributed by atoms with E-state index >= 15 is 0 Å². The van der Waals surface area contributed by atoms with Gasteiger partial charge in [-0.05, 0) is 60.7 Å². The lowest BCUT2D eigenvalue weighted by Gasteiger charge is -2.43. The van der Waals surface area contributed by atoms with Gasteiger partial charge in [0.1, 0.15) is 126 Å². The number of hydrogen-bond acceptors (Lipinski definition) is 38. The molecule has 0 aliphatic carbocycles. The van der Waals surface area contributed by atoms with Crippen molar-refractivity contribution in [1.29, 1.82) is 0 Å². The lowest BCUT2D eigenvalue weighted by atomic mass is 9.97. The van der Waals surface area contributed by atoms with Crippen molar-refractivity contribution in [2.45, 2.75) is 150 Å². The van der Waals surface area contributed by atoms with Crippen molar-refractivity contribution in [1.82, 2.24) is 21.3 Å². The van der Waals surface area contributed by atoms with E-state index in [0.29, 0.717) is 23.0 Å². The minimum atomic E-state index is -5.20. The summed E-state index contributed by atoms with van der Waals surface area (Å²) in [5.41, 5.74) is 0. The Bertz CT molecular complexity index is 3510. The van der Waals surface area contributed by atoms with Crippen LogP contribution in [0.2, 0.25) is 0 Å². The number of para-hydroxylation sites is 3. The van der Waals surface area contributed by atoms with E-state index in [0.717, 1.165) is 6.92 Å². The van der Waals surface area contributed by atoms with Gasteiger partial charge in [0.2, 0.25) is 80.0 Å². The number of amides is 4. The van der Waals surface area contributed by atoms with Gasteiger partial charge in [0.15, 0.2) is 12.3 Å². The summed E-state index contributed by atoms with van der Waals surface area (Å²) in [5, 5.41) is 102. The maximum atomic E-state index is 11.5. The van der Waals surface area contributed by atoms with Crippen LogP contribution in [0.25, 0.3) is 0 Å². The van der Waals surface area contributed by atoms with Gasteiger partial charge in [-0.15, -0.1) is 4.33 Å². The van der Waals surface area contributed by atoms with Gasteiger partial charge in [-0.2, -0.15) is 0 Å². The molecule has 0 radical (unpaired) electrons. The fourth-order valence-electron chi connectivity index (χ4n) is 9.76. The van der Waals surface area contributed by atoms with Crippen LogP contribution >= 0.6 is 12.3 Å². The van der Waals surface area contributed by atoms with E-state index in [4.69, 9.17) is 46.8 Å². The van der Waals surface area contributed by atoms with E-state index in [2.05, 4.69) is 43.2 Å². The molecule has 0 bridgehead atoms. The molecule has 4 aliphatic rings. The van der Waals surface area contributed by atoms with E-state index in [1.54, 1.807) is 103 Å². The first-order chi connectivity index (χ1) is 48.1. The molecular formula is C57H74N4O37S4-4. The van der Waals surface area contributed by atoms with Crippen LogP contribution in [0, 0.1) is 0 Å². The first-order valence-corrected chi connectivity index (χ1v) is 34.3. The summed E-state index contributed by atoms with van der Waals surface area (Å²) in [4.78, 5) is 45.7. The molecule has 4 heterocycles. The van der Waals surface area contributed by atoms with Gasteiger partial charge in [0.05, 0.1) is 33.5 Å². The van der Waals surface area contributed by atoms with Gasteiger partial charge < -0.3 is 124 Å². The Morgan fingerprint density at radius 2 is 0.755 bits per heavy atom.